The van der Waals surface area contributed by atoms with Crippen molar-refractivity contribution in [1.29, 1.82) is 0 Å². The van der Waals surface area contributed by atoms with Gasteiger partial charge in [-0.3, -0.25) is 4.79 Å². The molecule has 1 N–H and O–H groups in total. The Kier molecular flexibility index (Phi) is 7.93. The lowest BCUT2D eigenvalue weighted by atomic mass is 10.1. The van der Waals surface area contributed by atoms with Crippen molar-refractivity contribution in [2.24, 2.45) is 0 Å². The second-order valence-corrected chi connectivity index (χ2v) is 7.64. The summed E-state index contributed by atoms with van der Waals surface area (Å²) in [4.78, 5) is 12.7. The summed E-state index contributed by atoms with van der Waals surface area (Å²) in [6.45, 7) is -0.612. The Morgan fingerprint density at radius 2 is 1.94 bits per heavy atom. The molecule has 6 nitrogen and oxygen atoms in total. The van der Waals surface area contributed by atoms with Crippen LogP contribution in [-0.4, -0.2) is 36.0 Å². The predicted molar refractivity (Wildman–Crippen MR) is 118 cm³/mol. The zero-order valence-corrected chi connectivity index (χ0v) is 18.9. The van der Waals surface area contributed by atoms with Gasteiger partial charge in [-0.2, -0.15) is 13.9 Å². The van der Waals surface area contributed by atoms with E-state index in [1.165, 1.54) is 17.9 Å². The Balaban J connectivity index is 1.64. The van der Waals surface area contributed by atoms with Gasteiger partial charge in [0.15, 0.2) is 11.5 Å². The molecule has 0 atom stereocenters. The summed E-state index contributed by atoms with van der Waals surface area (Å²) in [5.41, 5.74) is 2.39. The average molecular weight is 484 g/mol. The molecule has 0 aliphatic rings. The van der Waals surface area contributed by atoms with Gasteiger partial charge in [0, 0.05) is 11.6 Å². The molecule has 0 aliphatic carbocycles. The first kappa shape index (κ1) is 23.8. The molecule has 0 saturated carbocycles. The Hall–Kier alpha value is -2.84. The van der Waals surface area contributed by atoms with E-state index in [9.17, 15) is 13.6 Å². The molecule has 0 unspecified atom stereocenters. The van der Waals surface area contributed by atoms with Gasteiger partial charge >= 0.3 is 6.61 Å². The first-order valence-electron chi connectivity index (χ1n) is 9.66. The molecule has 1 aromatic heterocycles. The summed E-state index contributed by atoms with van der Waals surface area (Å²) in [5.74, 6) is -0.222. The zero-order valence-electron chi connectivity index (χ0n) is 17.4. The summed E-state index contributed by atoms with van der Waals surface area (Å²) in [7, 11) is 1.37. The highest BCUT2D eigenvalue weighted by Crippen LogP contribution is 2.29. The highest BCUT2D eigenvalue weighted by atomic mass is 35.5. The smallest absolute Gasteiger partial charge is 0.387 e. The van der Waals surface area contributed by atoms with E-state index in [2.05, 4.69) is 15.2 Å². The van der Waals surface area contributed by atoms with Gasteiger partial charge < -0.3 is 14.8 Å². The lowest BCUT2D eigenvalue weighted by Crippen LogP contribution is -2.26. The third-order valence-electron chi connectivity index (χ3n) is 4.71. The van der Waals surface area contributed by atoms with Crippen LogP contribution in [0.5, 0.6) is 11.5 Å². The van der Waals surface area contributed by atoms with Gasteiger partial charge in [-0.15, -0.1) is 0 Å². The van der Waals surface area contributed by atoms with E-state index in [4.69, 9.17) is 27.9 Å². The highest BCUT2D eigenvalue weighted by molar-refractivity contribution is 6.33. The lowest BCUT2D eigenvalue weighted by Gasteiger charge is -2.12. The minimum Gasteiger partial charge on any atom is -0.493 e. The molecule has 3 aromatic rings. The van der Waals surface area contributed by atoms with Crippen LogP contribution in [0.25, 0.3) is 0 Å². The van der Waals surface area contributed by atoms with Crippen molar-refractivity contribution in [2.45, 2.75) is 26.5 Å². The van der Waals surface area contributed by atoms with E-state index in [1.807, 2.05) is 18.2 Å². The molecule has 0 aliphatic heterocycles. The lowest BCUT2D eigenvalue weighted by molar-refractivity contribution is -0.0512. The van der Waals surface area contributed by atoms with Crippen LogP contribution in [0.2, 0.25) is 10.2 Å². The van der Waals surface area contributed by atoms with E-state index in [1.54, 1.807) is 25.1 Å². The van der Waals surface area contributed by atoms with Crippen molar-refractivity contribution in [3.05, 3.63) is 75.0 Å². The number of benzene rings is 2. The van der Waals surface area contributed by atoms with Crippen molar-refractivity contribution in [2.75, 3.05) is 13.7 Å². The summed E-state index contributed by atoms with van der Waals surface area (Å²) < 4.78 is 35.9. The maximum absolute atomic E-state index is 12.7. The second-order valence-electron chi connectivity index (χ2n) is 6.87. The minimum atomic E-state index is -2.94. The van der Waals surface area contributed by atoms with Gasteiger partial charge in [0.25, 0.3) is 5.91 Å². The zero-order chi connectivity index (χ0) is 23.3. The number of halogens is 4. The van der Waals surface area contributed by atoms with E-state index < -0.39 is 6.61 Å². The number of ether oxygens (including phenoxy) is 2. The fourth-order valence-electron chi connectivity index (χ4n) is 3.17. The second kappa shape index (κ2) is 10.7. The number of amides is 1. The van der Waals surface area contributed by atoms with Crippen LogP contribution in [0.1, 0.15) is 27.2 Å². The van der Waals surface area contributed by atoms with Gasteiger partial charge in [0.2, 0.25) is 0 Å². The van der Waals surface area contributed by atoms with Crippen molar-refractivity contribution < 1.29 is 23.0 Å². The molecule has 1 heterocycles. The highest BCUT2D eigenvalue weighted by Gasteiger charge is 2.20. The van der Waals surface area contributed by atoms with Crippen molar-refractivity contribution in [3.63, 3.8) is 0 Å². The quantitative estimate of drug-likeness (QED) is 0.458. The van der Waals surface area contributed by atoms with Crippen LogP contribution in [0, 0.1) is 6.92 Å². The molecule has 2 aromatic carbocycles. The molecule has 1 amide bonds. The number of methoxy groups -OCH3 is 1. The fourth-order valence-corrected chi connectivity index (χ4v) is 3.69. The normalized spacial score (nSPS) is 11.0. The first-order valence-corrected chi connectivity index (χ1v) is 10.4. The average Bonchev–Trinajstić information content (AvgIpc) is 3.03. The Labute approximate surface area is 194 Å². The number of hydrogen-bond acceptors (Lipinski definition) is 4. The standard InChI is InChI=1S/C22H21Cl2F2N3O3/c1-13-19(20(24)29(28-13)12-15-5-3-4-6-16(15)23)21(30)27-10-9-14-7-8-17(32-22(25)26)18(11-14)31-2/h3-8,11,22H,9-10,12H2,1-2H3,(H,27,30). The number of carbonyl (C=O) groups is 1. The molecular weight excluding hydrogens is 463 g/mol. The number of rotatable bonds is 9. The Morgan fingerprint density at radius 3 is 2.62 bits per heavy atom. The predicted octanol–water partition coefficient (Wildman–Crippen LogP) is 5.13. The molecule has 0 saturated heterocycles. The molecule has 0 bridgehead atoms. The van der Waals surface area contributed by atoms with Crippen molar-refractivity contribution in [3.8, 4) is 11.5 Å². The largest absolute Gasteiger partial charge is 0.493 e. The van der Waals surface area contributed by atoms with Gasteiger partial charge in [-0.05, 0) is 42.7 Å². The molecule has 32 heavy (non-hydrogen) atoms. The van der Waals surface area contributed by atoms with Gasteiger partial charge in [-0.25, -0.2) is 4.68 Å². The maximum Gasteiger partial charge on any atom is 0.387 e. The van der Waals surface area contributed by atoms with E-state index in [-0.39, 0.29) is 28.1 Å². The maximum atomic E-state index is 12.7. The van der Waals surface area contributed by atoms with Crippen LogP contribution in [0.4, 0.5) is 8.78 Å². The summed E-state index contributed by atoms with van der Waals surface area (Å²) >= 11 is 12.6. The molecule has 170 valence electrons. The Morgan fingerprint density at radius 1 is 1.19 bits per heavy atom. The number of aryl methyl sites for hydroxylation is 1. The SMILES string of the molecule is COc1cc(CCNC(=O)c2c(C)nn(Cc3ccccc3Cl)c2Cl)ccc1OC(F)F. The molecule has 10 heteroatoms. The number of hydrogen-bond donors (Lipinski definition) is 1. The van der Waals surface area contributed by atoms with Crippen LogP contribution in [0.15, 0.2) is 42.5 Å². The van der Waals surface area contributed by atoms with Crippen LogP contribution in [0.3, 0.4) is 0 Å². The first-order chi connectivity index (χ1) is 15.3. The molecule has 3 rings (SSSR count). The monoisotopic (exact) mass is 483 g/mol. The van der Waals surface area contributed by atoms with Gasteiger partial charge in [0.1, 0.15) is 5.15 Å². The third kappa shape index (κ3) is 5.69. The third-order valence-corrected chi connectivity index (χ3v) is 5.47. The van der Waals surface area contributed by atoms with Crippen LogP contribution < -0.4 is 14.8 Å². The number of aromatic nitrogens is 2. The molecule has 0 radical (unpaired) electrons. The summed E-state index contributed by atoms with van der Waals surface area (Å²) in [6, 6.07) is 11.9. The van der Waals surface area contributed by atoms with Gasteiger partial charge in [0.05, 0.1) is 24.9 Å². The van der Waals surface area contributed by atoms with Crippen molar-refractivity contribution >= 4 is 29.1 Å². The molecule has 0 spiro atoms. The van der Waals surface area contributed by atoms with E-state index in [0.717, 1.165) is 11.1 Å². The number of alkyl halides is 2. The number of nitrogens with one attached hydrogen (secondary N) is 1. The van der Waals surface area contributed by atoms with Crippen LogP contribution >= 0.6 is 23.2 Å². The van der Waals surface area contributed by atoms with E-state index >= 15 is 0 Å². The summed E-state index contributed by atoms with van der Waals surface area (Å²) in [5, 5.41) is 7.97. The fraction of sp³-hybridized carbons (Fsp3) is 0.273. The molecular formula is C22H21Cl2F2N3O3. The number of nitrogens with zero attached hydrogens (tertiary/aromatic N) is 2. The minimum absolute atomic E-state index is 0.0522. The molecule has 0 fully saturated rings. The number of carbonyl (C=O) groups excluding carboxylic acids is 1. The van der Waals surface area contributed by atoms with E-state index in [0.29, 0.717) is 30.2 Å². The van der Waals surface area contributed by atoms with Crippen LogP contribution in [-0.2, 0) is 13.0 Å². The topological polar surface area (TPSA) is 65.4 Å². The Bertz CT molecular complexity index is 1110. The summed E-state index contributed by atoms with van der Waals surface area (Å²) in [6.07, 6.45) is 0.446. The van der Waals surface area contributed by atoms with Crippen molar-refractivity contribution in [1.82, 2.24) is 15.1 Å². The van der Waals surface area contributed by atoms with Gasteiger partial charge in [-0.1, -0.05) is 47.5 Å².